The molecule has 2 rings (SSSR count). The summed E-state index contributed by atoms with van der Waals surface area (Å²) in [6, 6.07) is 6.03. The van der Waals surface area contributed by atoms with E-state index in [1.807, 2.05) is 12.1 Å². The van der Waals surface area contributed by atoms with Gasteiger partial charge >= 0.3 is 0 Å². The van der Waals surface area contributed by atoms with Crippen LogP contribution in [0.25, 0.3) is 0 Å². The van der Waals surface area contributed by atoms with E-state index in [9.17, 15) is 4.79 Å². The third-order valence-corrected chi connectivity index (χ3v) is 3.29. The molecule has 0 N–H and O–H groups in total. The Balaban J connectivity index is 2.39. The van der Waals surface area contributed by atoms with Gasteiger partial charge in [0.2, 0.25) is 0 Å². The molecular formula is C14H18O2. The number of carbonyl (C=O) groups is 1. The molecule has 0 spiro atoms. The van der Waals surface area contributed by atoms with Crippen molar-refractivity contribution in [2.75, 3.05) is 6.61 Å². The molecule has 86 valence electrons. The van der Waals surface area contributed by atoms with Crippen LogP contribution in [0.4, 0.5) is 0 Å². The molecule has 2 nitrogen and oxygen atoms in total. The third-order valence-electron chi connectivity index (χ3n) is 3.29. The van der Waals surface area contributed by atoms with E-state index in [2.05, 4.69) is 19.9 Å². The normalized spacial score (nSPS) is 17.2. The van der Waals surface area contributed by atoms with Crippen molar-refractivity contribution in [2.45, 2.75) is 39.0 Å². The molecule has 1 heterocycles. The summed E-state index contributed by atoms with van der Waals surface area (Å²) in [7, 11) is 0. The second-order valence-electron chi connectivity index (χ2n) is 4.44. The van der Waals surface area contributed by atoms with Gasteiger partial charge in [0.25, 0.3) is 0 Å². The molecule has 2 heteroatoms. The number of benzene rings is 1. The van der Waals surface area contributed by atoms with Crippen LogP contribution >= 0.6 is 0 Å². The predicted octanol–water partition coefficient (Wildman–Crippen LogP) is 3.56. The fourth-order valence-corrected chi connectivity index (χ4v) is 1.98. The molecule has 0 aliphatic carbocycles. The first-order valence-electron chi connectivity index (χ1n) is 6.02. The first-order chi connectivity index (χ1) is 7.72. The summed E-state index contributed by atoms with van der Waals surface area (Å²) in [4.78, 5) is 11.9. The van der Waals surface area contributed by atoms with Crippen LogP contribution in [0.2, 0.25) is 0 Å². The molecule has 1 aromatic rings. The van der Waals surface area contributed by atoms with Crippen LogP contribution in [-0.4, -0.2) is 12.4 Å². The number of ether oxygens (including phenoxy) is 1. The number of hydrogen-bond donors (Lipinski definition) is 0. The molecule has 1 aliphatic heterocycles. The minimum absolute atomic E-state index is 0.220. The fraction of sp³-hybridized carbons (Fsp3) is 0.500. The summed E-state index contributed by atoms with van der Waals surface area (Å²) in [5, 5.41) is 0. The molecular weight excluding hydrogens is 200 g/mol. The van der Waals surface area contributed by atoms with Crippen LogP contribution in [0.15, 0.2) is 18.2 Å². The highest BCUT2D eigenvalue weighted by Gasteiger charge is 2.17. The SMILES string of the molecule is CCC(C)c1ccc2c(c1)C(=O)CCCO2. The average molecular weight is 218 g/mol. The van der Waals surface area contributed by atoms with Gasteiger partial charge in [0.15, 0.2) is 5.78 Å². The van der Waals surface area contributed by atoms with Crippen LogP contribution in [0.1, 0.15) is 54.9 Å². The van der Waals surface area contributed by atoms with Crippen LogP contribution in [-0.2, 0) is 0 Å². The van der Waals surface area contributed by atoms with Crippen molar-refractivity contribution in [2.24, 2.45) is 0 Å². The third kappa shape index (κ3) is 2.11. The average Bonchev–Trinajstić information content (AvgIpc) is 2.50. The highest BCUT2D eigenvalue weighted by Crippen LogP contribution is 2.29. The number of ketones is 1. The van der Waals surface area contributed by atoms with Crippen molar-refractivity contribution in [3.63, 3.8) is 0 Å². The van der Waals surface area contributed by atoms with Gasteiger partial charge in [-0.2, -0.15) is 0 Å². The minimum Gasteiger partial charge on any atom is -0.493 e. The van der Waals surface area contributed by atoms with E-state index in [1.165, 1.54) is 5.56 Å². The number of hydrogen-bond acceptors (Lipinski definition) is 2. The zero-order valence-electron chi connectivity index (χ0n) is 9.95. The Bertz CT molecular complexity index is 396. The van der Waals surface area contributed by atoms with Crippen molar-refractivity contribution in [1.29, 1.82) is 0 Å². The first kappa shape index (κ1) is 11.2. The molecule has 1 unspecified atom stereocenters. The maximum atomic E-state index is 11.9. The summed E-state index contributed by atoms with van der Waals surface area (Å²) in [6.45, 7) is 5.00. The summed E-state index contributed by atoms with van der Waals surface area (Å²) in [5.41, 5.74) is 2.01. The lowest BCUT2D eigenvalue weighted by Gasteiger charge is -2.12. The van der Waals surface area contributed by atoms with Crippen molar-refractivity contribution in [3.8, 4) is 5.75 Å². The second kappa shape index (κ2) is 4.69. The maximum absolute atomic E-state index is 11.9. The zero-order chi connectivity index (χ0) is 11.5. The Kier molecular flexibility index (Phi) is 3.28. The second-order valence-corrected chi connectivity index (χ2v) is 4.44. The van der Waals surface area contributed by atoms with Crippen LogP contribution in [0, 0.1) is 0 Å². The van der Waals surface area contributed by atoms with E-state index in [4.69, 9.17) is 4.74 Å². The number of Topliss-reactive ketones (excluding diaryl/α,β-unsaturated/α-hetero) is 1. The smallest absolute Gasteiger partial charge is 0.166 e. The molecule has 0 saturated heterocycles. The van der Waals surface area contributed by atoms with Crippen molar-refractivity contribution in [3.05, 3.63) is 29.3 Å². The van der Waals surface area contributed by atoms with Gasteiger partial charge in [-0.3, -0.25) is 4.79 Å². The molecule has 16 heavy (non-hydrogen) atoms. The van der Waals surface area contributed by atoms with E-state index in [0.29, 0.717) is 18.9 Å². The van der Waals surface area contributed by atoms with Gasteiger partial charge < -0.3 is 4.74 Å². The highest BCUT2D eigenvalue weighted by atomic mass is 16.5. The molecule has 0 aromatic heterocycles. The van der Waals surface area contributed by atoms with Crippen molar-refractivity contribution >= 4 is 5.78 Å². The molecule has 0 saturated carbocycles. The molecule has 0 fully saturated rings. The van der Waals surface area contributed by atoms with Gasteiger partial charge in [-0.15, -0.1) is 0 Å². The standard InChI is InChI=1S/C14H18O2/c1-3-10(2)11-6-7-14-12(9-11)13(15)5-4-8-16-14/h6-7,9-10H,3-5,8H2,1-2H3. The summed E-state index contributed by atoms with van der Waals surface area (Å²) in [6.07, 6.45) is 2.52. The fourth-order valence-electron chi connectivity index (χ4n) is 1.98. The molecule has 0 radical (unpaired) electrons. The van der Waals surface area contributed by atoms with Gasteiger partial charge in [-0.1, -0.05) is 19.9 Å². The zero-order valence-corrected chi connectivity index (χ0v) is 9.95. The maximum Gasteiger partial charge on any atom is 0.166 e. The van der Waals surface area contributed by atoms with E-state index < -0.39 is 0 Å². The molecule has 0 bridgehead atoms. The number of fused-ring (bicyclic) bond motifs is 1. The van der Waals surface area contributed by atoms with Gasteiger partial charge in [-0.25, -0.2) is 0 Å². The van der Waals surface area contributed by atoms with Crippen LogP contribution in [0.5, 0.6) is 5.75 Å². The van der Waals surface area contributed by atoms with E-state index in [-0.39, 0.29) is 5.78 Å². The largest absolute Gasteiger partial charge is 0.493 e. The van der Waals surface area contributed by atoms with E-state index in [1.54, 1.807) is 0 Å². The van der Waals surface area contributed by atoms with Crippen LogP contribution < -0.4 is 4.74 Å². The predicted molar refractivity (Wildman–Crippen MR) is 64.2 cm³/mol. The lowest BCUT2D eigenvalue weighted by molar-refractivity contribution is 0.0983. The minimum atomic E-state index is 0.220. The van der Waals surface area contributed by atoms with Crippen molar-refractivity contribution in [1.82, 2.24) is 0 Å². The summed E-state index contributed by atoms with van der Waals surface area (Å²) in [5.74, 6) is 1.48. The Hall–Kier alpha value is -1.31. The summed E-state index contributed by atoms with van der Waals surface area (Å²) < 4.78 is 5.57. The van der Waals surface area contributed by atoms with Crippen molar-refractivity contribution < 1.29 is 9.53 Å². The highest BCUT2D eigenvalue weighted by molar-refractivity contribution is 5.99. The Morgan fingerprint density at radius 1 is 1.44 bits per heavy atom. The van der Waals surface area contributed by atoms with Crippen LogP contribution in [0.3, 0.4) is 0 Å². The summed E-state index contributed by atoms with van der Waals surface area (Å²) >= 11 is 0. The van der Waals surface area contributed by atoms with E-state index in [0.717, 1.165) is 24.2 Å². The number of rotatable bonds is 2. The molecule has 1 atom stereocenters. The molecule has 1 aliphatic rings. The lowest BCUT2D eigenvalue weighted by atomic mass is 9.95. The monoisotopic (exact) mass is 218 g/mol. The van der Waals surface area contributed by atoms with Gasteiger partial charge in [0, 0.05) is 6.42 Å². The van der Waals surface area contributed by atoms with Gasteiger partial charge in [-0.05, 0) is 36.5 Å². The Labute approximate surface area is 96.6 Å². The van der Waals surface area contributed by atoms with Gasteiger partial charge in [0.05, 0.1) is 12.2 Å². The number of carbonyl (C=O) groups excluding carboxylic acids is 1. The topological polar surface area (TPSA) is 26.3 Å². The quantitative estimate of drug-likeness (QED) is 0.758. The van der Waals surface area contributed by atoms with Gasteiger partial charge in [0.1, 0.15) is 5.75 Å². The Morgan fingerprint density at radius 3 is 3.00 bits per heavy atom. The first-order valence-corrected chi connectivity index (χ1v) is 6.02. The molecule has 0 amide bonds. The Morgan fingerprint density at radius 2 is 2.25 bits per heavy atom. The molecule has 1 aromatic carbocycles. The van der Waals surface area contributed by atoms with E-state index >= 15 is 0 Å². The lowest BCUT2D eigenvalue weighted by Crippen LogP contribution is -2.00.